The molecule has 0 radical (unpaired) electrons. The van der Waals surface area contributed by atoms with E-state index in [0.717, 1.165) is 5.56 Å². The lowest BCUT2D eigenvalue weighted by Gasteiger charge is -2.27. The first-order chi connectivity index (χ1) is 15.5. The summed E-state index contributed by atoms with van der Waals surface area (Å²) < 4.78 is 11.6. The van der Waals surface area contributed by atoms with Crippen LogP contribution in [0.5, 0.6) is 0 Å². The number of rotatable bonds is 7. The molecule has 0 amide bonds. The van der Waals surface area contributed by atoms with E-state index in [4.69, 9.17) is 9.15 Å². The second-order valence-corrected chi connectivity index (χ2v) is 11.6. The summed E-state index contributed by atoms with van der Waals surface area (Å²) in [5.41, 5.74) is 1.35. The molecule has 32 heavy (non-hydrogen) atoms. The maximum atomic E-state index is 13.0. The van der Waals surface area contributed by atoms with E-state index in [-0.39, 0.29) is 12.1 Å². The van der Waals surface area contributed by atoms with Crippen LogP contribution >= 0.6 is 7.26 Å². The first kappa shape index (κ1) is 22.0. The normalized spacial score (nSPS) is 11.5. The number of aryl methyl sites for hydroxylation is 1. The Balaban J connectivity index is 1.95. The molecule has 0 aliphatic heterocycles. The first-order valence-corrected chi connectivity index (χ1v) is 12.8. The second kappa shape index (κ2) is 9.54. The van der Waals surface area contributed by atoms with Crippen LogP contribution < -0.4 is 15.9 Å². The molecule has 0 unspecified atom stereocenters. The van der Waals surface area contributed by atoms with E-state index in [1.54, 1.807) is 6.26 Å². The molecule has 0 saturated heterocycles. The van der Waals surface area contributed by atoms with Crippen molar-refractivity contribution in [3.05, 3.63) is 114 Å². The maximum absolute atomic E-state index is 13.0. The summed E-state index contributed by atoms with van der Waals surface area (Å²) >= 11 is 0. The van der Waals surface area contributed by atoms with Gasteiger partial charge in [0.05, 0.1) is 12.4 Å². The Morgan fingerprint density at radius 1 is 0.812 bits per heavy atom. The standard InChI is InChI=1S/C28H28O3P/c1-21(2)31-28(29)27-22(3)19-30-26(27)20-32(23-13-7-4-8-14-23,24-15-9-5-10-16-24)25-17-11-6-12-18-25/h4-19,21H,20H2,1-3H3/q+1. The third-order valence-electron chi connectivity index (χ3n) is 5.57. The van der Waals surface area contributed by atoms with E-state index in [9.17, 15) is 4.79 Å². The quantitative estimate of drug-likeness (QED) is 0.274. The number of furan rings is 1. The molecule has 0 fully saturated rings. The van der Waals surface area contributed by atoms with E-state index in [1.807, 2.05) is 39.0 Å². The van der Waals surface area contributed by atoms with E-state index in [2.05, 4.69) is 72.8 Å². The minimum atomic E-state index is -2.16. The molecule has 4 aromatic rings. The van der Waals surface area contributed by atoms with Crippen molar-refractivity contribution >= 4 is 29.1 Å². The summed E-state index contributed by atoms with van der Waals surface area (Å²) in [6, 6.07) is 31.7. The Kier molecular flexibility index (Phi) is 6.58. The van der Waals surface area contributed by atoms with Crippen molar-refractivity contribution in [3.8, 4) is 0 Å². The smallest absolute Gasteiger partial charge is 0.342 e. The van der Waals surface area contributed by atoms with Crippen LogP contribution in [0.2, 0.25) is 0 Å². The van der Waals surface area contributed by atoms with Gasteiger partial charge >= 0.3 is 5.97 Å². The van der Waals surface area contributed by atoms with Gasteiger partial charge in [-0.2, -0.15) is 0 Å². The molecule has 1 aromatic heterocycles. The zero-order chi connectivity index (χ0) is 22.6. The van der Waals surface area contributed by atoms with E-state index >= 15 is 0 Å². The fourth-order valence-electron chi connectivity index (χ4n) is 4.15. The van der Waals surface area contributed by atoms with Crippen LogP contribution in [-0.4, -0.2) is 12.1 Å². The van der Waals surface area contributed by atoms with Gasteiger partial charge in [-0.15, -0.1) is 0 Å². The topological polar surface area (TPSA) is 39.4 Å². The van der Waals surface area contributed by atoms with Gasteiger partial charge in [0.1, 0.15) is 34.9 Å². The van der Waals surface area contributed by atoms with Crippen molar-refractivity contribution in [3.63, 3.8) is 0 Å². The van der Waals surface area contributed by atoms with Crippen molar-refractivity contribution in [2.75, 3.05) is 0 Å². The molecule has 4 rings (SSSR count). The fraction of sp³-hybridized carbons (Fsp3) is 0.179. The first-order valence-electron chi connectivity index (χ1n) is 10.8. The second-order valence-electron chi connectivity index (χ2n) is 8.15. The largest absolute Gasteiger partial charge is 0.464 e. The summed E-state index contributed by atoms with van der Waals surface area (Å²) in [4.78, 5) is 13.0. The third-order valence-corrected chi connectivity index (χ3v) is 9.87. The van der Waals surface area contributed by atoms with Gasteiger partial charge in [-0.1, -0.05) is 54.6 Å². The highest BCUT2D eigenvalue weighted by molar-refractivity contribution is 7.95. The lowest BCUT2D eigenvalue weighted by atomic mass is 10.2. The van der Waals surface area contributed by atoms with Gasteiger partial charge in [0.25, 0.3) is 0 Å². The van der Waals surface area contributed by atoms with Crippen LogP contribution in [0.25, 0.3) is 0 Å². The average Bonchev–Trinajstić information content (AvgIpc) is 3.18. The minimum Gasteiger partial charge on any atom is -0.464 e. The van der Waals surface area contributed by atoms with Crippen LogP contribution in [-0.2, 0) is 10.9 Å². The lowest BCUT2D eigenvalue weighted by Crippen LogP contribution is -2.32. The summed E-state index contributed by atoms with van der Waals surface area (Å²) in [6.45, 7) is 5.63. The monoisotopic (exact) mass is 443 g/mol. The van der Waals surface area contributed by atoms with Crippen molar-refractivity contribution < 1.29 is 13.9 Å². The highest BCUT2D eigenvalue weighted by atomic mass is 31.2. The molecule has 0 bridgehead atoms. The van der Waals surface area contributed by atoms with Gasteiger partial charge < -0.3 is 9.15 Å². The Morgan fingerprint density at radius 3 is 1.66 bits per heavy atom. The summed E-state index contributed by atoms with van der Waals surface area (Å²) in [6.07, 6.45) is 2.07. The molecule has 0 N–H and O–H groups in total. The van der Waals surface area contributed by atoms with Gasteiger partial charge in [-0.05, 0) is 57.2 Å². The lowest BCUT2D eigenvalue weighted by molar-refractivity contribution is 0.0375. The number of hydrogen-bond acceptors (Lipinski definition) is 3. The van der Waals surface area contributed by atoms with Crippen LogP contribution in [0.4, 0.5) is 0 Å². The minimum absolute atomic E-state index is 0.193. The number of carbonyl (C=O) groups excluding carboxylic acids is 1. The number of ether oxygens (including phenoxy) is 1. The van der Waals surface area contributed by atoms with E-state index < -0.39 is 7.26 Å². The highest BCUT2D eigenvalue weighted by Gasteiger charge is 2.47. The van der Waals surface area contributed by atoms with Gasteiger partial charge in [0, 0.05) is 5.56 Å². The molecule has 0 aliphatic carbocycles. The van der Waals surface area contributed by atoms with Gasteiger partial charge in [0.15, 0.2) is 5.76 Å². The number of benzene rings is 3. The van der Waals surface area contributed by atoms with Gasteiger partial charge in [0.2, 0.25) is 0 Å². The highest BCUT2D eigenvalue weighted by Crippen LogP contribution is 2.58. The van der Waals surface area contributed by atoms with Gasteiger partial charge in [-0.25, -0.2) is 4.79 Å². The van der Waals surface area contributed by atoms with E-state index in [0.29, 0.717) is 17.5 Å². The summed E-state index contributed by atoms with van der Waals surface area (Å²) in [7, 11) is -2.16. The molecule has 3 aromatic carbocycles. The molecular weight excluding hydrogens is 415 g/mol. The Bertz CT molecular complexity index is 1070. The average molecular weight is 444 g/mol. The molecule has 1 heterocycles. The van der Waals surface area contributed by atoms with Crippen molar-refractivity contribution in [1.29, 1.82) is 0 Å². The van der Waals surface area contributed by atoms with Crippen LogP contribution in [0.15, 0.2) is 102 Å². The van der Waals surface area contributed by atoms with Gasteiger partial charge in [-0.3, -0.25) is 0 Å². The van der Waals surface area contributed by atoms with Crippen molar-refractivity contribution in [2.24, 2.45) is 0 Å². The maximum Gasteiger partial charge on any atom is 0.342 e. The zero-order valence-electron chi connectivity index (χ0n) is 18.7. The predicted octanol–water partition coefficient (Wildman–Crippen LogP) is 5.65. The predicted molar refractivity (Wildman–Crippen MR) is 133 cm³/mol. The number of esters is 1. The Morgan fingerprint density at radius 2 is 1.25 bits per heavy atom. The van der Waals surface area contributed by atoms with Crippen LogP contribution in [0.3, 0.4) is 0 Å². The molecule has 0 atom stereocenters. The molecular formula is C28H28O3P+. The van der Waals surface area contributed by atoms with Crippen molar-refractivity contribution in [2.45, 2.75) is 33.0 Å². The number of carbonyl (C=O) groups is 1. The zero-order valence-corrected chi connectivity index (χ0v) is 19.6. The fourth-order valence-corrected chi connectivity index (χ4v) is 8.29. The molecule has 0 saturated carbocycles. The molecule has 3 nitrogen and oxygen atoms in total. The van der Waals surface area contributed by atoms with E-state index in [1.165, 1.54) is 15.9 Å². The molecule has 162 valence electrons. The van der Waals surface area contributed by atoms with Crippen molar-refractivity contribution in [1.82, 2.24) is 0 Å². The third kappa shape index (κ3) is 4.26. The van der Waals surface area contributed by atoms with Crippen LogP contribution in [0.1, 0.15) is 35.5 Å². The molecule has 4 heteroatoms. The molecule has 0 aliphatic rings. The Hall–Kier alpha value is -3.16. The summed E-state index contributed by atoms with van der Waals surface area (Å²) in [5.74, 6) is 0.353. The SMILES string of the molecule is Cc1coc(C[P+](c2ccccc2)(c2ccccc2)c2ccccc2)c1C(=O)OC(C)C. The number of hydrogen-bond donors (Lipinski definition) is 0. The Labute approximate surface area is 190 Å². The summed E-state index contributed by atoms with van der Waals surface area (Å²) in [5, 5.41) is 3.74. The molecule has 0 spiro atoms. The van der Waals surface area contributed by atoms with Crippen LogP contribution in [0, 0.1) is 6.92 Å².